The first-order valence-electron chi connectivity index (χ1n) is 7.23. The third kappa shape index (κ3) is 3.39. The van der Waals surface area contributed by atoms with Gasteiger partial charge in [0.15, 0.2) is 6.61 Å². The van der Waals surface area contributed by atoms with Crippen LogP contribution in [0.5, 0.6) is 0 Å². The van der Waals surface area contributed by atoms with Crippen molar-refractivity contribution < 1.29 is 14.1 Å². The highest BCUT2D eigenvalue weighted by molar-refractivity contribution is 7.17. The molecule has 4 aromatic rings. The summed E-state index contributed by atoms with van der Waals surface area (Å²) in [6, 6.07) is 3.88. The van der Waals surface area contributed by atoms with E-state index in [0.29, 0.717) is 16.4 Å². The van der Waals surface area contributed by atoms with E-state index in [1.54, 1.807) is 29.6 Å². The van der Waals surface area contributed by atoms with Crippen molar-refractivity contribution >= 4 is 40.0 Å². The fourth-order valence-electron chi connectivity index (χ4n) is 2.11. The molecular formula is C16H11N3O3S3. The molecule has 25 heavy (non-hydrogen) atoms. The molecule has 0 aliphatic carbocycles. The molecule has 4 rings (SSSR count). The summed E-state index contributed by atoms with van der Waals surface area (Å²) in [4.78, 5) is 21.5. The minimum Gasteiger partial charge on any atom is -0.451 e. The van der Waals surface area contributed by atoms with Crippen LogP contribution in [0.4, 0.5) is 0 Å². The van der Waals surface area contributed by atoms with Crippen LogP contribution in [-0.2, 0) is 11.3 Å². The van der Waals surface area contributed by atoms with E-state index < -0.39 is 5.97 Å². The van der Waals surface area contributed by atoms with Gasteiger partial charge in [-0.1, -0.05) is 5.16 Å². The van der Waals surface area contributed by atoms with E-state index in [-0.39, 0.29) is 12.5 Å². The van der Waals surface area contributed by atoms with E-state index in [9.17, 15) is 4.79 Å². The van der Waals surface area contributed by atoms with E-state index >= 15 is 0 Å². The lowest BCUT2D eigenvalue weighted by molar-refractivity contribution is 0.0434. The highest BCUT2D eigenvalue weighted by Gasteiger charge is 2.19. The normalized spacial score (nSPS) is 10.9. The lowest BCUT2D eigenvalue weighted by Crippen LogP contribution is -2.05. The molecule has 0 aliphatic rings. The summed E-state index contributed by atoms with van der Waals surface area (Å²) in [5, 5.41) is 12.5. The van der Waals surface area contributed by atoms with E-state index in [1.807, 2.05) is 33.7 Å². The van der Waals surface area contributed by atoms with Crippen molar-refractivity contribution in [3.05, 3.63) is 50.1 Å². The van der Waals surface area contributed by atoms with Gasteiger partial charge in [0.25, 0.3) is 5.89 Å². The van der Waals surface area contributed by atoms with Gasteiger partial charge < -0.3 is 9.26 Å². The average molecular weight is 389 g/mol. The third-order valence-electron chi connectivity index (χ3n) is 3.32. The molecule has 0 fully saturated rings. The molecule has 4 aromatic heterocycles. The zero-order chi connectivity index (χ0) is 17.2. The third-order valence-corrected chi connectivity index (χ3v) is 5.88. The predicted octanol–water partition coefficient (Wildman–Crippen LogP) is 4.65. The Morgan fingerprint density at radius 1 is 1.16 bits per heavy atom. The van der Waals surface area contributed by atoms with Crippen LogP contribution in [0.2, 0.25) is 0 Å². The number of carbonyl (C=O) groups is 1. The first-order valence-corrected chi connectivity index (χ1v) is 9.93. The second-order valence-corrected chi connectivity index (χ2v) is 7.60. The van der Waals surface area contributed by atoms with Crippen molar-refractivity contribution in [2.24, 2.45) is 0 Å². The van der Waals surface area contributed by atoms with Crippen molar-refractivity contribution in [1.82, 2.24) is 15.1 Å². The minimum absolute atomic E-state index is 0.0684. The topological polar surface area (TPSA) is 78.1 Å². The van der Waals surface area contributed by atoms with E-state index in [1.165, 1.54) is 11.3 Å². The van der Waals surface area contributed by atoms with Crippen molar-refractivity contribution in [2.45, 2.75) is 13.5 Å². The number of hydrogen-bond donors (Lipinski definition) is 0. The fourth-order valence-corrected chi connectivity index (χ4v) is 4.42. The van der Waals surface area contributed by atoms with Gasteiger partial charge in [-0.2, -0.15) is 27.7 Å². The van der Waals surface area contributed by atoms with Crippen molar-refractivity contribution in [1.29, 1.82) is 0 Å². The largest absolute Gasteiger partial charge is 0.451 e. The van der Waals surface area contributed by atoms with Crippen LogP contribution in [-0.4, -0.2) is 21.1 Å². The van der Waals surface area contributed by atoms with Gasteiger partial charge in [-0.25, -0.2) is 9.78 Å². The van der Waals surface area contributed by atoms with Crippen molar-refractivity contribution in [3.8, 4) is 22.0 Å². The van der Waals surface area contributed by atoms with Gasteiger partial charge in [0.1, 0.15) is 9.88 Å². The molecule has 4 heterocycles. The number of thiophene rings is 2. The molecule has 126 valence electrons. The zero-order valence-corrected chi connectivity index (χ0v) is 15.4. The number of thiazole rings is 1. The summed E-state index contributed by atoms with van der Waals surface area (Å²) >= 11 is 4.46. The molecule has 6 nitrogen and oxygen atoms in total. The summed E-state index contributed by atoms with van der Waals surface area (Å²) in [7, 11) is 0. The number of hydrogen-bond acceptors (Lipinski definition) is 9. The number of ether oxygens (including phenoxy) is 1. The summed E-state index contributed by atoms with van der Waals surface area (Å²) in [6.07, 6.45) is 0. The maximum Gasteiger partial charge on any atom is 0.350 e. The Morgan fingerprint density at radius 3 is 2.64 bits per heavy atom. The molecule has 0 spiro atoms. The number of aryl methyl sites for hydroxylation is 1. The maximum absolute atomic E-state index is 12.3. The van der Waals surface area contributed by atoms with Gasteiger partial charge >= 0.3 is 5.97 Å². The first kappa shape index (κ1) is 16.1. The van der Waals surface area contributed by atoms with Crippen LogP contribution in [0.1, 0.15) is 21.3 Å². The summed E-state index contributed by atoms with van der Waals surface area (Å²) in [6.45, 7) is 1.73. The molecule has 0 aromatic carbocycles. The number of esters is 1. The second-order valence-electron chi connectivity index (χ2n) is 5.05. The standard InChI is InChI=1S/C16H11N3O3S3/c1-9-13(25-15(17-9)11-3-5-24-8-11)16(20)21-6-12-18-14(19-22-12)10-2-4-23-7-10/h2-5,7-8H,6H2,1H3. The van der Waals surface area contributed by atoms with Gasteiger partial charge in [-0.15, -0.1) is 11.3 Å². The van der Waals surface area contributed by atoms with Crippen LogP contribution < -0.4 is 0 Å². The molecule has 0 aliphatic heterocycles. The van der Waals surface area contributed by atoms with Crippen LogP contribution >= 0.6 is 34.0 Å². The molecule has 0 amide bonds. The van der Waals surface area contributed by atoms with E-state index in [4.69, 9.17) is 9.26 Å². The summed E-state index contributed by atoms with van der Waals surface area (Å²) in [5.74, 6) is 0.308. The highest BCUT2D eigenvalue weighted by Crippen LogP contribution is 2.30. The zero-order valence-electron chi connectivity index (χ0n) is 13.0. The lowest BCUT2D eigenvalue weighted by Gasteiger charge is -1.99. The lowest BCUT2D eigenvalue weighted by atomic mass is 10.3. The molecule has 9 heteroatoms. The Labute approximate surface area is 154 Å². The van der Waals surface area contributed by atoms with Gasteiger partial charge in [0.05, 0.1) is 5.69 Å². The Morgan fingerprint density at radius 2 is 1.92 bits per heavy atom. The Hall–Kier alpha value is -2.36. The van der Waals surface area contributed by atoms with Crippen LogP contribution in [0.15, 0.2) is 38.2 Å². The Kier molecular flexibility index (Phi) is 4.43. The quantitative estimate of drug-likeness (QED) is 0.462. The SMILES string of the molecule is Cc1nc(-c2ccsc2)sc1C(=O)OCc1nc(-c2ccsc2)no1. The van der Waals surface area contributed by atoms with Crippen LogP contribution in [0, 0.1) is 6.92 Å². The molecule has 0 atom stereocenters. The maximum atomic E-state index is 12.3. The number of nitrogens with zero attached hydrogens (tertiary/aromatic N) is 3. The Bertz CT molecular complexity index is 987. The van der Waals surface area contributed by atoms with Crippen molar-refractivity contribution in [2.75, 3.05) is 0 Å². The van der Waals surface area contributed by atoms with E-state index in [2.05, 4.69) is 15.1 Å². The first-order chi connectivity index (χ1) is 12.2. The smallest absolute Gasteiger partial charge is 0.350 e. The molecule has 0 radical (unpaired) electrons. The predicted molar refractivity (Wildman–Crippen MR) is 96.9 cm³/mol. The molecule has 0 bridgehead atoms. The summed E-state index contributed by atoms with van der Waals surface area (Å²) < 4.78 is 10.4. The number of aromatic nitrogens is 3. The van der Waals surface area contributed by atoms with Crippen molar-refractivity contribution in [3.63, 3.8) is 0 Å². The van der Waals surface area contributed by atoms with Gasteiger partial charge in [-0.05, 0) is 29.8 Å². The summed E-state index contributed by atoms with van der Waals surface area (Å²) in [5.41, 5.74) is 2.54. The van der Waals surface area contributed by atoms with Gasteiger partial charge in [0.2, 0.25) is 5.82 Å². The molecular weight excluding hydrogens is 378 g/mol. The van der Waals surface area contributed by atoms with Crippen LogP contribution in [0.3, 0.4) is 0 Å². The van der Waals surface area contributed by atoms with Gasteiger partial charge in [-0.3, -0.25) is 0 Å². The highest BCUT2D eigenvalue weighted by atomic mass is 32.1. The molecule has 0 unspecified atom stereocenters. The molecule has 0 N–H and O–H groups in total. The van der Waals surface area contributed by atoms with Gasteiger partial charge in [0, 0.05) is 21.9 Å². The monoisotopic (exact) mass is 389 g/mol. The average Bonchev–Trinajstić information content (AvgIpc) is 3.38. The number of rotatable bonds is 5. The molecule has 0 saturated carbocycles. The minimum atomic E-state index is -0.438. The number of carbonyl (C=O) groups excluding carboxylic acids is 1. The molecule has 0 saturated heterocycles. The van der Waals surface area contributed by atoms with E-state index in [0.717, 1.165) is 16.1 Å². The Balaban J connectivity index is 1.44. The van der Waals surface area contributed by atoms with Crippen LogP contribution in [0.25, 0.3) is 22.0 Å². The second kappa shape index (κ2) is 6.87. The fraction of sp³-hybridized carbons (Fsp3) is 0.125.